The summed E-state index contributed by atoms with van der Waals surface area (Å²) in [6, 6.07) is 0. The van der Waals surface area contributed by atoms with Gasteiger partial charge in [0.2, 0.25) is 0 Å². The maximum Gasteiger partial charge on any atom is 0.126 e. The molecule has 0 aromatic rings. The van der Waals surface area contributed by atoms with Gasteiger partial charge in [-0.05, 0) is 0 Å². The van der Waals surface area contributed by atoms with Crippen LogP contribution in [0.4, 0.5) is 0 Å². The fraction of sp³-hybridized carbons (Fsp3) is 0.167. The number of rotatable bonds is 0. The van der Waals surface area contributed by atoms with Crippen molar-refractivity contribution >= 4 is 17.8 Å². The van der Waals surface area contributed by atoms with Gasteiger partial charge in [-0.1, -0.05) is 0 Å². The standard InChI is InChI=1S/C6H6N4/c7-6-1-4-2-8-3-5(4)9-10-6/h2-3H,1H2,(H2,7,10). The fourth-order valence-electron chi connectivity index (χ4n) is 0.922. The van der Waals surface area contributed by atoms with Crippen LogP contribution >= 0.6 is 0 Å². The van der Waals surface area contributed by atoms with Crippen molar-refractivity contribution in [1.29, 1.82) is 0 Å². The number of amidine groups is 1. The molecule has 2 rings (SSSR count). The Balaban J connectivity index is 2.42. The lowest BCUT2D eigenvalue weighted by Crippen LogP contribution is -2.18. The molecule has 2 aliphatic heterocycles. The Morgan fingerprint density at radius 2 is 2.30 bits per heavy atom. The molecule has 50 valence electrons. The van der Waals surface area contributed by atoms with Crippen LogP contribution in [0.1, 0.15) is 6.42 Å². The molecule has 0 amide bonds. The Morgan fingerprint density at radius 1 is 1.40 bits per heavy atom. The van der Waals surface area contributed by atoms with Crippen molar-refractivity contribution in [2.45, 2.75) is 6.42 Å². The molecule has 10 heavy (non-hydrogen) atoms. The molecule has 0 fully saturated rings. The number of nitrogens with two attached hydrogens (primary N) is 1. The van der Waals surface area contributed by atoms with Crippen LogP contribution in [-0.2, 0) is 0 Å². The molecule has 0 radical (unpaired) electrons. The molecule has 2 N–H and O–H groups in total. The number of hydrogen-bond donors (Lipinski definition) is 1. The highest BCUT2D eigenvalue weighted by molar-refractivity contribution is 6.41. The van der Waals surface area contributed by atoms with Gasteiger partial charge >= 0.3 is 0 Å². The van der Waals surface area contributed by atoms with E-state index in [1.165, 1.54) is 0 Å². The van der Waals surface area contributed by atoms with E-state index in [1.54, 1.807) is 12.4 Å². The molecule has 0 unspecified atom stereocenters. The third-order valence-electron chi connectivity index (χ3n) is 1.41. The summed E-state index contributed by atoms with van der Waals surface area (Å²) >= 11 is 0. The summed E-state index contributed by atoms with van der Waals surface area (Å²) in [4.78, 5) is 3.92. The average molecular weight is 134 g/mol. The van der Waals surface area contributed by atoms with E-state index < -0.39 is 0 Å². The van der Waals surface area contributed by atoms with Crippen LogP contribution in [-0.4, -0.2) is 17.8 Å². The molecule has 0 aliphatic carbocycles. The molecule has 0 spiro atoms. The first-order valence-corrected chi connectivity index (χ1v) is 2.99. The minimum atomic E-state index is 0.556. The van der Waals surface area contributed by atoms with E-state index in [0.29, 0.717) is 12.3 Å². The Kier molecular flexibility index (Phi) is 0.943. The van der Waals surface area contributed by atoms with Gasteiger partial charge in [0.15, 0.2) is 0 Å². The summed E-state index contributed by atoms with van der Waals surface area (Å²) in [7, 11) is 0. The quantitative estimate of drug-likeness (QED) is 0.500. The first kappa shape index (κ1) is 5.34. The second kappa shape index (κ2) is 1.76. The predicted octanol–water partition coefficient (Wildman–Crippen LogP) is 0.0716. The van der Waals surface area contributed by atoms with Crippen molar-refractivity contribution in [1.82, 2.24) is 0 Å². The van der Waals surface area contributed by atoms with E-state index in [4.69, 9.17) is 5.73 Å². The van der Waals surface area contributed by atoms with Gasteiger partial charge in [-0.3, -0.25) is 4.99 Å². The van der Waals surface area contributed by atoms with Gasteiger partial charge < -0.3 is 5.73 Å². The molecular formula is C6H6N4. The molecule has 0 saturated carbocycles. The molecule has 4 nitrogen and oxygen atoms in total. The van der Waals surface area contributed by atoms with Gasteiger partial charge in [-0.2, -0.15) is 0 Å². The second-order valence-electron chi connectivity index (χ2n) is 2.19. The van der Waals surface area contributed by atoms with Crippen LogP contribution < -0.4 is 5.73 Å². The highest BCUT2D eigenvalue weighted by Crippen LogP contribution is 2.12. The summed E-state index contributed by atoms with van der Waals surface area (Å²) in [6.45, 7) is 0. The van der Waals surface area contributed by atoms with Crippen LogP contribution in [0.2, 0.25) is 0 Å². The van der Waals surface area contributed by atoms with E-state index in [9.17, 15) is 0 Å². The van der Waals surface area contributed by atoms with E-state index in [0.717, 1.165) is 11.3 Å². The van der Waals surface area contributed by atoms with Crippen LogP contribution in [0.3, 0.4) is 0 Å². The smallest absolute Gasteiger partial charge is 0.126 e. The molecule has 0 saturated heterocycles. The van der Waals surface area contributed by atoms with Gasteiger partial charge in [-0.25, -0.2) is 0 Å². The Morgan fingerprint density at radius 3 is 3.20 bits per heavy atom. The van der Waals surface area contributed by atoms with Gasteiger partial charge in [0.1, 0.15) is 11.5 Å². The third kappa shape index (κ3) is 0.655. The van der Waals surface area contributed by atoms with Crippen molar-refractivity contribution in [2.24, 2.45) is 20.9 Å². The lowest BCUT2D eigenvalue weighted by molar-refractivity contribution is 1.14. The molecule has 0 atom stereocenters. The van der Waals surface area contributed by atoms with Gasteiger partial charge in [-0.15, -0.1) is 10.2 Å². The van der Waals surface area contributed by atoms with E-state index in [2.05, 4.69) is 15.2 Å². The van der Waals surface area contributed by atoms with Crippen molar-refractivity contribution in [3.8, 4) is 0 Å². The van der Waals surface area contributed by atoms with E-state index in [1.807, 2.05) is 0 Å². The van der Waals surface area contributed by atoms with Crippen molar-refractivity contribution in [3.05, 3.63) is 11.8 Å². The Bertz CT molecular complexity index is 282. The third-order valence-corrected chi connectivity index (χ3v) is 1.41. The van der Waals surface area contributed by atoms with Crippen LogP contribution in [0.15, 0.2) is 27.0 Å². The zero-order valence-corrected chi connectivity index (χ0v) is 5.28. The van der Waals surface area contributed by atoms with Crippen molar-refractivity contribution in [3.63, 3.8) is 0 Å². The van der Waals surface area contributed by atoms with Gasteiger partial charge in [0.25, 0.3) is 0 Å². The largest absolute Gasteiger partial charge is 0.385 e. The number of nitrogens with zero attached hydrogens (tertiary/aromatic N) is 3. The zero-order valence-electron chi connectivity index (χ0n) is 5.28. The highest BCUT2D eigenvalue weighted by atomic mass is 15.2. The lowest BCUT2D eigenvalue weighted by atomic mass is 10.1. The first-order valence-electron chi connectivity index (χ1n) is 2.99. The van der Waals surface area contributed by atoms with E-state index >= 15 is 0 Å². The van der Waals surface area contributed by atoms with Crippen molar-refractivity contribution in [2.75, 3.05) is 0 Å². The fourth-order valence-corrected chi connectivity index (χ4v) is 0.922. The summed E-state index contributed by atoms with van der Waals surface area (Å²) in [5, 5.41) is 7.56. The molecule has 0 bridgehead atoms. The average Bonchev–Trinajstić information content (AvgIpc) is 2.33. The number of fused-ring (bicyclic) bond motifs is 1. The van der Waals surface area contributed by atoms with Gasteiger partial charge in [0.05, 0.1) is 6.21 Å². The summed E-state index contributed by atoms with van der Waals surface area (Å²) in [5.41, 5.74) is 7.34. The van der Waals surface area contributed by atoms with E-state index in [-0.39, 0.29) is 0 Å². The van der Waals surface area contributed by atoms with Gasteiger partial charge in [0, 0.05) is 18.2 Å². The van der Waals surface area contributed by atoms with Crippen LogP contribution in [0, 0.1) is 0 Å². The maximum absolute atomic E-state index is 5.44. The maximum atomic E-state index is 5.44. The Labute approximate surface area is 57.9 Å². The monoisotopic (exact) mass is 134 g/mol. The molecule has 4 heteroatoms. The lowest BCUT2D eigenvalue weighted by Gasteiger charge is -2.04. The first-order chi connectivity index (χ1) is 4.86. The zero-order chi connectivity index (χ0) is 6.97. The number of hydrogen-bond acceptors (Lipinski definition) is 4. The van der Waals surface area contributed by atoms with Crippen molar-refractivity contribution < 1.29 is 0 Å². The normalized spacial score (nSPS) is 21.4. The number of aliphatic imine (C=N–C) groups is 1. The summed E-state index contributed by atoms with van der Waals surface area (Å²) in [5.74, 6) is 0.556. The topological polar surface area (TPSA) is 63.1 Å². The summed E-state index contributed by atoms with van der Waals surface area (Å²) < 4.78 is 0. The van der Waals surface area contributed by atoms with Crippen LogP contribution in [0.25, 0.3) is 0 Å². The van der Waals surface area contributed by atoms with Crippen LogP contribution in [0.5, 0.6) is 0 Å². The molecule has 2 heterocycles. The molecule has 2 aliphatic rings. The summed E-state index contributed by atoms with van der Waals surface area (Å²) in [6.07, 6.45) is 4.13. The highest BCUT2D eigenvalue weighted by Gasteiger charge is 2.14. The molecule has 0 aromatic heterocycles. The Hall–Kier alpha value is -1.45. The minimum absolute atomic E-state index is 0.556. The minimum Gasteiger partial charge on any atom is -0.385 e. The SMILES string of the molecule is NC1=NN=C2C=NC=C2C1. The molecule has 0 aromatic carbocycles. The second-order valence-corrected chi connectivity index (χ2v) is 2.19. The molecular weight excluding hydrogens is 128 g/mol. The predicted molar refractivity (Wildman–Crippen MR) is 40.2 cm³/mol.